The maximum absolute atomic E-state index is 4.28. The third-order valence-electron chi connectivity index (χ3n) is 1.55. The first-order valence-electron chi connectivity index (χ1n) is 3.80. The van der Waals surface area contributed by atoms with E-state index in [1.165, 1.54) is 0 Å². The van der Waals surface area contributed by atoms with Gasteiger partial charge in [0.2, 0.25) is 0 Å². The second-order valence-corrected chi connectivity index (χ2v) is 3.45. The molecule has 0 saturated heterocycles. The standard InChI is InChI=1S/C8H8N4S/c1-7(8-3-2-4-13-8)11-12-5-9-10-6-12/h2-6H,1H3. The molecule has 0 spiro atoms. The van der Waals surface area contributed by atoms with Crippen LogP contribution < -0.4 is 0 Å². The highest BCUT2D eigenvalue weighted by atomic mass is 32.1. The number of nitrogens with zero attached hydrogens (tertiary/aromatic N) is 4. The lowest BCUT2D eigenvalue weighted by Gasteiger charge is -1.94. The summed E-state index contributed by atoms with van der Waals surface area (Å²) in [6.45, 7) is 1.96. The van der Waals surface area contributed by atoms with Gasteiger partial charge in [-0.25, -0.2) is 4.68 Å². The van der Waals surface area contributed by atoms with Crippen LogP contribution in [0.3, 0.4) is 0 Å². The van der Waals surface area contributed by atoms with Gasteiger partial charge in [0.25, 0.3) is 0 Å². The molecule has 2 aromatic heterocycles. The van der Waals surface area contributed by atoms with Gasteiger partial charge >= 0.3 is 0 Å². The average molecular weight is 192 g/mol. The van der Waals surface area contributed by atoms with Gasteiger partial charge in [-0.05, 0) is 18.4 Å². The Morgan fingerprint density at radius 3 is 2.85 bits per heavy atom. The monoisotopic (exact) mass is 192 g/mol. The van der Waals surface area contributed by atoms with Gasteiger partial charge in [0.05, 0.1) is 10.6 Å². The number of hydrogen-bond acceptors (Lipinski definition) is 4. The molecule has 0 fully saturated rings. The van der Waals surface area contributed by atoms with Gasteiger partial charge in [-0.3, -0.25) is 0 Å². The minimum absolute atomic E-state index is 0.967. The summed E-state index contributed by atoms with van der Waals surface area (Å²) in [7, 11) is 0. The maximum atomic E-state index is 4.28. The van der Waals surface area contributed by atoms with Crippen LogP contribution in [0.5, 0.6) is 0 Å². The first-order valence-corrected chi connectivity index (χ1v) is 4.68. The predicted octanol–water partition coefficient (Wildman–Crippen LogP) is 1.61. The Bertz CT molecular complexity index is 388. The van der Waals surface area contributed by atoms with Crippen molar-refractivity contribution >= 4 is 17.0 Å². The van der Waals surface area contributed by atoms with Gasteiger partial charge in [-0.15, -0.1) is 21.5 Å². The van der Waals surface area contributed by atoms with Crippen LogP contribution in [-0.2, 0) is 0 Å². The van der Waals surface area contributed by atoms with E-state index < -0.39 is 0 Å². The van der Waals surface area contributed by atoms with Crippen molar-refractivity contribution in [2.45, 2.75) is 6.92 Å². The van der Waals surface area contributed by atoms with E-state index in [9.17, 15) is 0 Å². The van der Waals surface area contributed by atoms with Crippen molar-refractivity contribution in [3.63, 3.8) is 0 Å². The number of thiophene rings is 1. The minimum atomic E-state index is 0.967. The lowest BCUT2D eigenvalue weighted by Crippen LogP contribution is -1.94. The zero-order valence-corrected chi connectivity index (χ0v) is 7.90. The Morgan fingerprint density at radius 2 is 2.23 bits per heavy atom. The molecule has 0 unspecified atom stereocenters. The lowest BCUT2D eigenvalue weighted by molar-refractivity contribution is 0.871. The van der Waals surface area contributed by atoms with Crippen molar-refractivity contribution in [1.29, 1.82) is 0 Å². The predicted molar refractivity (Wildman–Crippen MR) is 52.0 cm³/mol. The summed E-state index contributed by atoms with van der Waals surface area (Å²) < 4.78 is 1.59. The van der Waals surface area contributed by atoms with Gasteiger partial charge in [-0.2, -0.15) is 5.10 Å². The SMILES string of the molecule is CC(=Nn1cnnc1)c1cccs1. The summed E-state index contributed by atoms with van der Waals surface area (Å²) in [6.07, 6.45) is 3.13. The van der Waals surface area contributed by atoms with Crippen molar-refractivity contribution in [3.8, 4) is 0 Å². The molecule has 4 nitrogen and oxygen atoms in total. The molecular formula is C8H8N4S. The fourth-order valence-electron chi connectivity index (χ4n) is 0.954. The highest BCUT2D eigenvalue weighted by Gasteiger charge is 1.97. The first kappa shape index (κ1) is 8.12. The largest absolute Gasteiger partial charge is 0.207 e. The van der Waals surface area contributed by atoms with E-state index in [0.717, 1.165) is 10.6 Å². The molecule has 0 aliphatic heterocycles. The Kier molecular flexibility index (Phi) is 2.18. The van der Waals surface area contributed by atoms with Crippen molar-refractivity contribution < 1.29 is 0 Å². The highest BCUT2D eigenvalue weighted by molar-refractivity contribution is 7.12. The fourth-order valence-corrected chi connectivity index (χ4v) is 1.63. The van der Waals surface area contributed by atoms with Gasteiger partial charge in [0.1, 0.15) is 12.7 Å². The lowest BCUT2D eigenvalue weighted by atomic mass is 10.3. The fraction of sp³-hybridized carbons (Fsp3) is 0.125. The van der Waals surface area contributed by atoms with Gasteiger partial charge < -0.3 is 0 Å². The zero-order chi connectivity index (χ0) is 9.10. The van der Waals surface area contributed by atoms with Crippen molar-refractivity contribution in [2.24, 2.45) is 5.10 Å². The summed E-state index contributed by atoms with van der Waals surface area (Å²) in [5.41, 5.74) is 0.967. The molecule has 0 saturated carbocycles. The Morgan fingerprint density at radius 1 is 1.46 bits per heavy atom. The summed E-state index contributed by atoms with van der Waals surface area (Å²) in [5, 5.41) is 13.6. The summed E-state index contributed by atoms with van der Waals surface area (Å²) in [6, 6.07) is 4.04. The normalized spacial score (nSPS) is 11.9. The van der Waals surface area contributed by atoms with E-state index in [4.69, 9.17) is 0 Å². The molecule has 0 N–H and O–H groups in total. The van der Waals surface area contributed by atoms with Crippen molar-refractivity contribution in [2.75, 3.05) is 0 Å². The minimum Gasteiger partial charge on any atom is -0.207 e. The van der Waals surface area contributed by atoms with E-state index in [2.05, 4.69) is 15.3 Å². The summed E-state index contributed by atoms with van der Waals surface area (Å²) in [4.78, 5) is 1.16. The van der Waals surface area contributed by atoms with Crippen LogP contribution in [0.1, 0.15) is 11.8 Å². The van der Waals surface area contributed by atoms with Gasteiger partial charge in [0, 0.05) is 0 Å². The molecular weight excluding hydrogens is 184 g/mol. The van der Waals surface area contributed by atoms with Crippen LogP contribution in [0, 0.1) is 0 Å². The van der Waals surface area contributed by atoms with Crippen LogP contribution in [-0.4, -0.2) is 20.6 Å². The second kappa shape index (κ2) is 3.49. The van der Waals surface area contributed by atoms with Crippen LogP contribution in [0.4, 0.5) is 0 Å². The smallest absolute Gasteiger partial charge is 0.141 e. The highest BCUT2D eigenvalue weighted by Crippen LogP contribution is 2.09. The average Bonchev–Trinajstić information content (AvgIpc) is 2.74. The summed E-state index contributed by atoms with van der Waals surface area (Å²) in [5.74, 6) is 0. The molecule has 66 valence electrons. The van der Waals surface area contributed by atoms with E-state index in [0.29, 0.717) is 0 Å². The molecule has 5 heteroatoms. The van der Waals surface area contributed by atoms with Crippen LogP contribution >= 0.6 is 11.3 Å². The number of hydrogen-bond donors (Lipinski definition) is 0. The van der Waals surface area contributed by atoms with E-state index in [1.54, 1.807) is 28.7 Å². The maximum Gasteiger partial charge on any atom is 0.141 e. The molecule has 0 aliphatic rings. The van der Waals surface area contributed by atoms with E-state index in [1.807, 2.05) is 24.4 Å². The van der Waals surface area contributed by atoms with E-state index in [-0.39, 0.29) is 0 Å². The summed E-state index contributed by atoms with van der Waals surface area (Å²) >= 11 is 1.67. The van der Waals surface area contributed by atoms with E-state index >= 15 is 0 Å². The molecule has 0 atom stereocenters. The van der Waals surface area contributed by atoms with Crippen LogP contribution in [0.2, 0.25) is 0 Å². The Balaban J connectivity index is 2.27. The zero-order valence-electron chi connectivity index (χ0n) is 7.08. The molecule has 0 aliphatic carbocycles. The molecule has 0 radical (unpaired) electrons. The Hall–Kier alpha value is -1.49. The molecule has 0 bridgehead atoms. The van der Waals surface area contributed by atoms with Crippen LogP contribution in [0.15, 0.2) is 35.3 Å². The molecule has 0 aromatic carbocycles. The number of rotatable bonds is 2. The first-order chi connectivity index (χ1) is 6.36. The molecule has 2 aromatic rings. The quantitative estimate of drug-likeness (QED) is 0.678. The molecule has 13 heavy (non-hydrogen) atoms. The van der Waals surface area contributed by atoms with Gasteiger partial charge in [-0.1, -0.05) is 6.07 Å². The van der Waals surface area contributed by atoms with Gasteiger partial charge in [0.15, 0.2) is 0 Å². The molecule has 0 amide bonds. The molecule has 2 heterocycles. The number of aromatic nitrogens is 3. The van der Waals surface area contributed by atoms with Crippen LogP contribution in [0.25, 0.3) is 0 Å². The molecule has 2 rings (SSSR count). The Labute approximate surface area is 79.6 Å². The van der Waals surface area contributed by atoms with Crippen molar-refractivity contribution in [3.05, 3.63) is 35.0 Å². The third kappa shape index (κ3) is 1.81. The third-order valence-corrected chi connectivity index (χ3v) is 2.53. The second-order valence-electron chi connectivity index (χ2n) is 2.50. The topological polar surface area (TPSA) is 43.1 Å². The van der Waals surface area contributed by atoms with Crippen molar-refractivity contribution in [1.82, 2.24) is 14.9 Å².